The van der Waals surface area contributed by atoms with E-state index in [4.69, 9.17) is 0 Å². The van der Waals surface area contributed by atoms with Crippen molar-refractivity contribution in [3.63, 3.8) is 0 Å². The highest BCUT2D eigenvalue weighted by atomic mass is 16.1. The van der Waals surface area contributed by atoms with Crippen molar-refractivity contribution in [2.75, 3.05) is 0 Å². The highest BCUT2D eigenvalue weighted by molar-refractivity contribution is 6.00. The summed E-state index contributed by atoms with van der Waals surface area (Å²) in [5, 5.41) is 0. The number of carbonyl (C=O) groups excluding carboxylic acids is 1. The van der Waals surface area contributed by atoms with Crippen LogP contribution in [0.2, 0.25) is 0 Å². The number of hydrogen-bond donors (Lipinski definition) is 0. The van der Waals surface area contributed by atoms with E-state index in [1.54, 1.807) is 12.4 Å². The van der Waals surface area contributed by atoms with Gasteiger partial charge in [0.05, 0.1) is 5.56 Å². The first-order valence-corrected chi connectivity index (χ1v) is 7.05. The number of ketones is 1. The molecule has 0 amide bonds. The molecule has 4 saturated carbocycles. The predicted molar refractivity (Wildman–Crippen MR) is 67.0 cm³/mol. The molecule has 0 unspecified atom stereocenters. The molecule has 0 saturated heterocycles. The second-order valence-electron chi connectivity index (χ2n) is 6.65. The maximum atomic E-state index is 12.8. The monoisotopic (exact) mass is 242 g/mol. The van der Waals surface area contributed by atoms with Crippen molar-refractivity contribution in [3.05, 3.63) is 24.3 Å². The largest absolute Gasteiger partial charge is 0.293 e. The molecule has 4 aliphatic carbocycles. The maximum absolute atomic E-state index is 12.8. The molecule has 4 aliphatic rings. The Hall–Kier alpha value is -1.25. The molecule has 0 radical (unpaired) electrons. The fourth-order valence-corrected chi connectivity index (χ4v) is 5.11. The van der Waals surface area contributed by atoms with Crippen LogP contribution >= 0.6 is 0 Å². The Bertz CT molecular complexity index is 447. The molecule has 0 N–H and O–H groups in total. The zero-order valence-corrected chi connectivity index (χ0v) is 10.5. The van der Waals surface area contributed by atoms with Gasteiger partial charge in [-0.25, -0.2) is 9.97 Å². The van der Waals surface area contributed by atoms with E-state index >= 15 is 0 Å². The van der Waals surface area contributed by atoms with Gasteiger partial charge in [0.1, 0.15) is 6.33 Å². The third-order valence-electron chi connectivity index (χ3n) is 5.34. The molecule has 94 valence electrons. The number of carbonyl (C=O) groups is 1. The molecule has 4 fully saturated rings. The van der Waals surface area contributed by atoms with Crippen LogP contribution in [0, 0.1) is 23.2 Å². The minimum absolute atomic E-state index is 0.0561. The molecular weight excluding hydrogens is 224 g/mol. The Labute approximate surface area is 107 Å². The number of Topliss-reactive ketones (excluding diaryl/α,β-unsaturated/α-hetero) is 1. The molecule has 3 nitrogen and oxygen atoms in total. The van der Waals surface area contributed by atoms with Crippen molar-refractivity contribution < 1.29 is 4.79 Å². The molecule has 0 aromatic carbocycles. The lowest BCUT2D eigenvalue weighted by atomic mass is 9.48. The van der Waals surface area contributed by atoms with Gasteiger partial charge in [0.25, 0.3) is 0 Å². The predicted octanol–water partition coefficient (Wildman–Crippen LogP) is 2.88. The Balaban J connectivity index is 1.70. The summed E-state index contributed by atoms with van der Waals surface area (Å²) < 4.78 is 0. The van der Waals surface area contributed by atoms with E-state index in [1.165, 1.54) is 25.6 Å². The summed E-state index contributed by atoms with van der Waals surface area (Å²) >= 11 is 0. The molecule has 1 aromatic rings. The van der Waals surface area contributed by atoms with Crippen LogP contribution < -0.4 is 0 Å². The van der Waals surface area contributed by atoms with Gasteiger partial charge in [-0.3, -0.25) is 4.79 Å². The standard InChI is InChI=1S/C15H18N2O/c18-14(13-7-16-9-17-8-13)15-4-10-1-11(5-15)3-12(2-10)6-15/h7-12H,1-6H2. The lowest BCUT2D eigenvalue weighted by Crippen LogP contribution is -2.50. The molecule has 4 bridgehead atoms. The normalized spacial score (nSPS) is 41.0. The lowest BCUT2D eigenvalue weighted by molar-refractivity contribution is -0.0353. The van der Waals surface area contributed by atoms with Crippen LogP contribution in [0.5, 0.6) is 0 Å². The summed E-state index contributed by atoms with van der Waals surface area (Å²) in [4.78, 5) is 20.8. The number of rotatable bonds is 2. The quantitative estimate of drug-likeness (QED) is 0.749. The van der Waals surface area contributed by atoms with Gasteiger partial charge in [0.15, 0.2) is 5.78 Å². The molecule has 0 atom stereocenters. The zero-order valence-electron chi connectivity index (χ0n) is 10.5. The van der Waals surface area contributed by atoms with Crippen molar-refractivity contribution in [2.45, 2.75) is 38.5 Å². The topological polar surface area (TPSA) is 42.9 Å². The van der Waals surface area contributed by atoms with Crippen LogP contribution in [0.1, 0.15) is 48.9 Å². The van der Waals surface area contributed by atoms with Gasteiger partial charge in [0, 0.05) is 17.8 Å². The van der Waals surface area contributed by atoms with Crippen LogP contribution in [0.25, 0.3) is 0 Å². The number of nitrogens with zero attached hydrogens (tertiary/aromatic N) is 2. The van der Waals surface area contributed by atoms with E-state index < -0.39 is 0 Å². The Morgan fingerprint density at radius 3 is 2.00 bits per heavy atom. The van der Waals surface area contributed by atoms with E-state index in [0.29, 0.717) is 5.78 Å². The number of aromatic nitrogens is 2. The first kappa shape index (κ1) is 10.7. The highest BCUT2D eigenvalue weighted by Crippen LogP contribution is 2.60. The Morgan fingerprint density at radius 2 is 1.50 bits per heavy atom. The average Bonchev–Trinajstić information content (AvgIpc) is 2.37. The van der Waals surface area contributed by atoms with Crippen LogP contribution in [-0.2, 0) is 0 Å². The third-order valence-corrected chi connectivity index (χ3v) is 5.34. The molecule has 18 heavy (non-hydrogen) atoms. The van der Waals surface area contributed by atoms with Crippen LogP contribution in [0.4, 0.5) is 0 Å². The van der Waals surface area contributed by atoms with E-state index in [0.717, 1.165) is 42.6 Å². The molecule has 1 heterocycles. The molecule has 1 aromatic heterocycles. The fourth-order valence-electron chi connectivity index (χ4n) is 5.11. The van der Waals surface area contributed by atoms with Crippen molar-refractivity contribution in [1.82, 2.24) is 9.97 Å². The summed E-state index contributed by atoms with van der Waals surface area (Å²) in [5.41, 5.74) is 0.666. The maximum Gasteiger partial charge on any atom is 0.172 e. The molecular formula is C15H18N2O. The van der Waals surface area contributed by atoms with Gasteiger partial charge in [0.2, 0.25) is 0 Å². The first-order valence-electron chi connectivity index (χ1n) is 7.05. The van der Waals surface area contributed by atoms with Gasteiger partial charge in [-0.15, -0.1) is 0 Å². The second-order valence-corrected chi connectivity index (χ2v) is 6.65. The van der Waals surface area contributed by atoms with Crippen molar-refractivity contribution in [1.29, 1.82) is 0 Å². The summed E-state index contributed by atoms with van der Waals surface area (Å²) in [6, 6.07) is 0. The van der Waals surface area contributed by atoms with Crippen molar-refractivity contribution in [3.8, 4) is 0 Å². The van der Waals surface area contributed by atoms with Gasteiger partial charge in [-0.1, -0.05) is 0 Å². The van der Waals surface area contributed by atoms with Crippen LogP contribution in [0.3, 0.4) is 0 Å². The Morgan fingerprint density at radius 1 is 1.00 bits per heavy atom. The third kappa shape index (κ3) is 1.46. The van der Waals surface area contributed by atoms with E-state index in [1.807, 2.05) is 0 Å². The lowest BCUT2D eigenvalue weighted by Gasteiger charge is -2.55. The molecule has 3 heteroatoms. The Kier molecular flexibility index (Phi) is 2.14. The van der Waals surface area contributed by atoms with Gasteiger partial charge >= 0.3 is 0 Å². The second kappa shape index (κ2) is 3.62. The van der Waals surface area contributed by atoms with Gasteiger partial charge in [-0.05, 0) is 56.3 Å². The van der Waals surface area contributed by atoms with E-state index in [-0.39, 0.29) is 5.41 Å². The van der Waals surface area contributed by atoms with Crippen LogP contribution in [-0.4, -0.2) is 15.8 Å². The summed E-state index contributed by atoms with van der Waals surface area (Å²) in [5.74, 6) is 2.75. The van der Waals surface area contributed by atoms with E-state index in [9.17, 15) is 4.79 Å². The van der Waals surface area contributed by atoms with Crippen molar-refractivity contribution in [2.24, 2.45) is 23.2 Å². The highest BCUT2D eigenvalue weighted by Gasteiger charge is 2.54. The minimum atomic E-state index is -0.0561. The smallest absolute Gasteiger partial charge is 0.172 e. The zero-order chi connectivity index (χ0) is 12.2. The molecule has 5 rings (SSSR count). The fraction of sp³-hybridized carbons (Fsp3) is 0.667. The summed E-state index contributed by atoms with van der Waals surface area (Å²) in [6.45, 7) is 0. The van der Waals surface area contributed by atoms with Crippen molar-refractivity contribution >= 4 is 5.78 Å². The first-order chi connectivity index (χ1) is 8.75. The SMILES string of the molecule is O=C(c1cncnc1)C12CC3CC(CC(C3)C1)C2. The average molecular weight is 242 g/mol. The number of hydrogen-bond acceptors (Lipinski definition) is 3. The van der Waals surface area contributed by atoms with Gasteiger partial charge < -0.3 is 0 Å². The minimum Gasteiger partial charge on any atom is -0.293 e. The summed E-state index contributed by atoms with van der Waals surface area (Å²) in [7, 11) is 0. The molecule has 0 aliphatic heterocycles. The van der Waals surface area contributed by atoms with Crippen LogP contribution in [0.15, 0.2) is 18.7 Å². The van der Waals surface area contributed by atoms with Gasteiger partial charge in [-0.2, -0.15) is 0 Å². The van der Waals surface area contributed by atoms with E-state index in [2.05, 4.69) is 9.97 Å². The summed E-state index contributed by atoms with van der Waals surface area (Å²) in [6.07, 6.45) is 12.3. The molecule has 0 spiro atoms.